The van der Waals surface area contributed by atoms with Gasteiger partial charge in [-0.15, -0.1) is 0 Å². The molecule has 2 aliphatic rings. The van der Waals surface area contributed by atoms with Crippen molar-refractivity contribution >= 4 is 17.6 Å². The Hall–Kier alpha value is -1.88. The first-order valence-corrected chi connectivity index (χ1v) is 8.38. The summed E-state index contributed by atoms with van der Waals surface area (Å²) in [6.45, 7) is 2.27. The van der Waals surface area contributed by atoms with E-state index in [0.717, 1.165) is 37.7 Å². The summed E-state index contributed by atoms with van der Waals surface area (Å²) in [4.78, 5) is 26.1. The van der Waals surface area contributed by atoms with E-state index in [0.29, 0.717) is 17.9 Å². The highest BCUT2D eigenvalue weighted by Gasteiger charge is 2.32. The minimum absolute atomic E-state index is 0.0562. The van der Waals surface area contributed by atoms with E-state index in [-0.39, 0.29) is 11.9 Å². The number of hydrogen-bond acceptors (Lipinski definition) is 4. The first-order chi connectivity index (χ1) is 11.2. The van der Waals surface area contributed by atoms with Gasteiger partial charge in [0.2, 0.25) is 5.91 Å². The molecule has 0 unspecified atom stereocenters. The molecule has 2 fully saturated rings. The normalized spacial score (nSPS) is 19.3. The number of carbonyl (C=O) groups is 2. The molecule has 23 heavy (non-hydrogen) atoms. The number of amides is 1. The summed E-state index contributed by atoms with van der Waals surface area (Å²) in [5.74, 6) is 0.172. The van der Waals surface area contributed by atoms with Crippen molar-refractivity contribution in [1.82, 2.24) is 4.90 Å². The Labute approximate surface area is 137 Å². The lowest BCUT2D eigenvalue weighted by Gasteiger charge is -2.31. The largest absolute Gasteiger partial charge is 0.465 e. The molecule has 1 N–H and O–H groups in total. The van der Waals surface area contributed by atoms with Crippen molar-refractivity contribution in [3.05, 3.63) is 29.8 Å². The summed E-state index contributed by atoms with van der Waals surface area (Å²) in [6, 6.07) is 7.63. The quantitative estimate of drug-likeness (QED) is 0.849. The third-order valence-corrected chi connectivity index (χ3v) is 4.78. The van der Waals surface area contributed by atoms with Gasteiger partial charge >= 0.3 is 5.97 Å². The fraction of sp³-hybridized carbons (Fsp3) is 0.556. The van der Waals surface area contributed by atoms with E-state index in [4.69, 9.17) is 0 Å². The second-order valence-electron chi connectivity index (χ2n) is 6.53. The molecule has 1 heterocycles. The van der Waals surface area contributed by atoms with Crippen molar-refractivity contribution in [1.29, 1.82) is 0 Å². The van der Waals surface area contributed by atoms with Crippen LogP contribution in [0.1, 0.15) is 42.5 Å². The van der Waals surface area contributed by atoms with Gasteiger partial charge < -0.3 is 15.0 Å². The summed E-state index contributed by atoms with van der Waals surface area (Å²) in [5.41, 5.74) is 1.20. The molecule has 124 valence electrons. The molecule has 0 atom stereocenters. The van der Waals surface area contributed by atoms with Crippen molar-refractivity contribution < 1.29 is 14.3 Å². The van der Waals surface area contributed by atoms with E-state index in [9.17, 15) is 9.59 Å². The zero-order chi connectivity index (χ0) is 16.2. The summed E-state index contributed by atoms with van der Waals surface area (Å²) in [7, 11) is 1.35. The van der Waals surface area contributed by atoms with E-state index in [1.807, 2.05) is 0 Å². The monoisotopic (exact) mass is 316 g/mol. The third-order valence-electron chi connectivity index (χ3n) is 4.78. The Morgan fingerprint density at radius 2 is 1.78 bits per heavy atom. The minimum atomic E-state index is -0.370. The van der Waals surface area contributed by atoms with Gasteiger partial charge in [0.15, 0.2) is 0 Å². The lowest BCUT2D eigenvalue weighted by molar-refractivity contribution is -0.117. The van der Waals surface area contributed by atoms with E-state index in [1.54, 1.807) is 24.3 Å². The van der Waals surface area contributed by atoms with Crippen LogP contribution in [0.25, 0.3) is 0 Å². The average Bonchev–Trinajstić information content (AvgIpc) is 3.40. The summed E-state index contributed by atoms with van der Waals surface area (Å²) < 4.78 is 4.66. The smallest absolute Gasteiger partial charge is 0.337 e. The molecule has 3 rings (SSSR count). The molecular weight excluding hydrogens is 292 g/mol. The van der Waals surface area contributed by atoms with E-state index >= 15 is 0 Å². The zero-order valence-corrected chi connectivity index (χ0v) is 13.6. The van der Waals surface area contributed by atoms with Gasteiger partial charge in [0.1, 0.15) is 0 Å². The fourth-order valence-corrected chi connectivity index (χ4v) is 3.24. The molecule has 1 aromatic rings. The predicted molar refractivity (Wildman–Crippen MR) is 88.3 cm³/mol. The van der Waals surface area contributed by atoms with E-state index in [1.165, 1.54) is 20.0 Å². The first-order valence-electron chi connectivity index (χ1n) is 8.38. The topological polar surface area (TPSA) is 58.6 Å². The molecule has 5 heteroatoms. The van der Waals surface area contributed by atoms with Crippen LogP contribution < -0.4 is 5.32 Å². The lowest BCUT2D eigenvalue weighted by Crippen LogP contribution is -2.36. The first kappa shape index (κ1) is 16.0. The van der Waals surface area contributed by atoms with Gasteiger partial charge in [-0.3, -0.25) is 4.79 Å². The zero-order valence-electron chi connectivity index (χ0n) is 13.6. The summed E-state index contributed by atoms with van der Waals surface area (Å²) in [5, 5.41) is 2.92. The Bertz CT molecular complexity index is 558. The fourth-order valence-electron chi connectivity index (χ4n) is 3.24. The Morgan fingerprint density at radius 1 is 1.13 bits per heavy atom. The SMILES string of the molecule is COC(=O)c1ccc(NC(=O)CC2CCN(C3CC3)CC2)cc1. The van der Waals surface area contributed by atoms with Gasteiger partial charge in [0.05, 0.1) is 12.7 Å². The van der Waals surface area contributed by atoms with Gasteiger partial charge in [-0.2, -0.15) is 0 Å². The number of nitrogens with zero attached hydrogens (tertiary/aromatic N) is 1. The summed E-state index contributed by atoms with van der Waals surface area (Å²) in [6.07, 6.45) is 5.52. The van der Waals surface area contributed by atoms with Gasteiger partial charge in [-0.1, -0.05) is 0 Å². The van der Waals surface area contributed by atoms with Crippen molar-refractivity contribution in [3.8, 4) is 0 Å². The highest BCUT2D eigenvalue weighted by molar-refractivity contribution is 5.93. The standard InChI is InChI=1S/C18H24N2O3/c1-23-18(22)14-2-4-15(5-3-14)19-17(21)12-13-8-10-20(11-9-13)16-6-7-16/h2-5,13,16H,6-12H2,1H3,(H,19,21). The second kappa shape index (κ2) is 7.13. The van der Waals surface area contributed by atoms with Crippen LogP contribution in [0.3, 0.4) is 0 Å². The molecule has 0 spiro atoms. The Morgan fingerprint density at radius 3 is 2.35 bits per heavy atom. The van der Waals surface area contributed by atoms with Crippen molar-refractivity contribution in [2.24, 2.45) is 5.92 Å². The molecule has 0 bridgehead atoms. The highest BCUT2D eigenvalue weighted by atomic mass is 16.5. The van der Waals surface area contributed by atoms with Crippen LogP contribution in [0.5, 0.6) is 0 Å². The van der Waals surface area contributed by atoms with E-state index in [2.05, 4.69) is 15.0 Å². The maximum atomic E-state index is 12.2. The average molecular weight is 316 g/mol. The van der Waals surface area contributed by atoms with Gasteiger partial charge in [-0.05, 0) is 69.0 Å². The van der Waals surface area contributed by atoms with Crippen molar-refractivity contribution in [3.63, 3.8) is 0 Å². The van der Waals surface area contributed by atoms with E-state index < -0.39 is 0 Å². The number of methoxy groups -OCH3 is 1. The number of ether oxygens (including phenoxy) is 1. The molecule has 5 nitrogen and oxygen atoms in total. The van der Waals surface area contributed by atoms with Crippen LogP contribution in [0, 0.1) is 5.92 Å². The third kappa shape index (κ3) is 4.32. The van der Waals surface area contributed by atoms with Crippen LogP contribution in [0.15, 0.2) is 24.3 Å². The number of rotatable bonds is 5. The number of esters is 1. The van der Waals surface area contributed by atoms with Crippen LogP contribution in [0.2, 0.25) is 0 Å². The second-order valence-corrected chi connectivity index (χ2v) is 6.53. The highest BCUT2D eigenvalue weighted by Crippen LogP contribution is 2.31. The minimum Gasteiger partial charge on any atom is -0.465 e. The molecular formula is C18H24N2O3. The number of nitrogens with one attached hydrogen (secondary N) is 1. The maximum absolute atomic E-state index is 12.2. The molecule has 1 aliphatic carbocycles. The Kier molecular flexibility index (Phi) is 4.96. The predicted octanol–water partition coefficient (Wildman–Crippen LogP) is 2.68. The number of piperidine rings is 1. The number of anilines is 1. The Balaban J connectivity index is 1.44. The molecule has 0 radical (unpaired) electrons. The number of likely N-dealkylation sites (tertiary alicyclic amines) is 1. The number of hydrogen-bond donors (Lipinski definition) is 1. The lowest BCUT2D eigenvalue weighted by atomic mass is 9.93. The van der Waals surface area contributed by atoms with Crippen LogP contribution in [0.4, 0.5) is 5.69 Å². The number of benzene rings is 1. The van der Waals surface area contributed by atoms with Gasteiger partial charge in [0.25, 0.3) is 0 Å². The molecule has 1 saturated carbocycles. The van der Waals surface area contributed by atoms with Crippen molar-refractivity contribution in [2.75, 3.05) is 25.5 Å². The summed E-state index contributed by atoms with van der Waals surface area (Å²) >= 11 is 0. The van der Waals surface area contributed by atoms with Crippen LogP contribution in [-0.4, -0.2) is 43.0 Å². The van der Waals surface area contributed by atoms with Crippen molar-refractivity contribution in [2.45, 2.75) is 38.1 Å². The van der Waals surface area contributed by atoms with Crippen LogP contribution >= 0.6 is 0 Å². The molecule has 1 aliphatic heterocycles. The maximum Gasteiger partial charge on any atom is 0.337 e. The van der Waals surface area contributed by atoms with Crippen LogP contribution in [-0.2, 0) is 9.53 Å². The van der Waals surface area contributed by atoms with Gasteiger partial charge in [0, 0.05) is 18.2 Å². The van der Waals surface area contributed by atoms with Gasteiger partial charge in [-0.25, -0.2) is 4.79 Å². The molecule has 1 amide bonds. The number of carbonyl (C=O) groups excluding carboxylic acids is 2. The molecule has 1 aromatic carbocycles. The molecule has 1 saturated heterocycles. The molecule has 0 aromatic heterocycles.